The van der Waals surface area contributed by atoms with Crippen LogP contribution in [-0.4, -0.2) is 23.2 Å². The van der Waals surface area contributed by atoms with Crippen molar-refractivity contribution in [1.82, 2.24) is 4.98 Å². The molecule has 0 unspecified atom stereocenters. The SMILES string of the molecule is COc1ccc2nc(NC(=O)Nc3cc(C)c(O)cc3C)sc2c1. The molecule has 3 aromatic rings. The zero-order valence-corrected chi connectivity index (χ0v) is 14.3. The summed E-state index contributed by atoms with van der Waals surface area (Å²) in [5.74, 6) is 0.955. The topological polar surface area (TPSA) is 83.5 Å². The van der Waals surface area contributed by atoms with Gasteiger partial charge in [0, 0.05) is 5.69 Å². The highest BCUT2D eigenvalue weighted by molar-refractivity contribution is 7.22. The number of methoxy groups -OCH3 is 1. The third-order valence-corrected chi connectivity index (χ3v) is 4.54. The maximum atomic E-state index is 12.2. The van der Waals surface area contributed by atoms with E-state index in [0.29, 0.717) is 16.4 Å². The van der Waals surface area contributed by atoms with Crippen molar-refractivity contribution in [2.75, 3.05) is 17.7 Å². The number of nitrogens with zero attached hydrogens (tertiary/aromatic N) is 1. The van der Waals surface area contributed by atoms with Crippen LogP contribution < -0.4 is 15.4 Å². The lowest BCUT2D eigenvalue weighted by Gasteiger charge is -2.10. The summed E-state index contributed by atoms with van der Waals surface area (Å²) < 4.78 is 6.12. The van der Waals surface area contributed by atoms with E-state index in [1.807, 2.05) is 25.1 Å². The average molecular weight is 343 g/mol. The molecule has 0 spiro atoms. The van der Waals surface area contributed by atoms with Crippen molar-refractivity contribution < 1.29 is 14.6 Å². The molecule has 0 saturated heterocycles. The summed E-state index contributed by atoms with van der Waals surface area (Å²) >= 11 is 1.37. The first kappa shape index (κ1) is 16.1. The number of nitrogens with one attached hydrogen (secondary N) is 2. The number of aromatic nitrogens is 1. The van der Waals surface area contributed by atoms with Gasteiger partial charge in [0.25, 0.3) is 0 Å². The number of phenols is 1. The number of carbonyl (C=O) groups is 1. The number of thiazole rings is 1. The lowest BCUT2D eigenvalue weighted by atomic mass is 10.1. The van der Waals surface area contributed by atoms with Crippen LogP contribution in [0.1, 0.15) is 11.1 Å². The van der Waals surface area contributed by atoms with E-state index >= 15 is 0 Å². The van der Waals surface area contributed by atoms with Crippen LogP contribution in [0.3, 0.4) is 0 Å². The molecule has 0 aliphatic heterocycles. The maximum absolute atomic E-state index is 12.2. The Bertz CT molecular complexity index is 921. The van der Waals surface area contributed by atoms with E-state index in [2.05, 4.69) is 15.6 Å². The number of phenolic OH excluding ortho intramolecular Hbond substituents is 1. The van der Waals surface area contributed by atoms with E-state index in [0.717, 1.165) is 21.5 Å². The highest BCUT2D eigenvalue weighted by Crippen LogP contribution is 2.29. The molecule has 3 rings (SSSR count). The standard InChI is InChI=1S/C17H17N3O3S/c1-9-7-14(21)10(2)6-13(9)18-16(22)20-17-19-12-5-4-11(23-3)8-15(12)24-17/h4-8,21H,1-3H3,(H2,18,19,20,22). The quantitative estimate of drug-likeness (QED) is 0.620. The van der Waals surface area contributed by atoms with Gasteiger partial charge in [0.05, 0.1) is 17.3 Å². The highest BCUT2D eigenvalue weighted by Gasteiger charge is 2.11. The van der Waals surface area contributed by atoms with Gasteiger partial charge in [-0.2, -0.15) is 0 Å². The van der Waals surface area contributed by atoms with Crippen LogP contribution >= 0.6 is 11.3 Å². The number of hydrogen-bond donors (Lipinski definition) is 3. The van der Waals surface area contributed by atoms with Crippen LogP contribution in [0.15, 0.2) is 30.3 Å². The third kappa shape index (κ3) is 3.26. The van der Waals surface area contributed by atoms with Gasteiger partial charge >= 0.3 is 6.03 Å². The van der Waals surface area contributed by atoms with Crippen molar-refractivity contribution >= 4 is 38.4 Å². The lowest BCUT2D eigenvalue weighted by molar-refractivity contribution is 0.262. The third-order valence-electron chi connectivity index (χ3n) is 3.61. The fourth-order valence-electron chi connectivity index (χ4n) is 2.27. The summed E-state index contributed by atoms with van der Waals surface area (Å²) in [5, 5.41) is 15.7. The first-order valence-electron chi connectivity index (χ1n) is 7.29. The maximum Gasteiger partial charge on any atom is 0.325 e. The van der Waals surface area contributed by atoms with Crippen LogP contribution in [0, 0.1) is 13.8 Å². The summed E-state index contributed by atoms with van der Waals surface area (Å²) in [5.41, 5.74) is 2.92. The van der Waals surface area contributed by atoms with Gasteiger partial charge in [0.1, 0.15) is 11.5 Å². The predicted octanol–water partition coefficient (Wildman–Crippen LogP) is 4.27. The van der Waals surface area contributed by atoms with Gasteiger partial charge in [0.2, 0.25) is 0 Å². The second-order valence-electron chi connectivity index (χ2n) is 5.39. The Kier molecular flexibility index (Phi) is 4.26. The molecule has 7 heteroatoms. The van der Waals surface area contributed by atoms with Crippen molar-refractivity contribution in [3.8, 4) is 11.5 Å². The number of amides is 2. The van der Waals surface area contributed by atoms with Crippen LogP contribution in [0.4, 0.5) is 15.6 Å². The van der Waals surface area contributed by atoms with E-state index in [9.17, 15) is 9.90 Å². The van der Waals surface area contributed by atoms with Crippen LogP contribution in [0.5, 0.6) is 11.5 Å². The number of hydrogen-bond acceptors (Lipinski definition) is 5. The number of fused-ring (bicyclic) bond motifs is 1. The highest BCUT2D eigenvalue weighted by atomic mass is 32.1. The molecule has 0 aliphatic rings. The monoisotopic (exact) mass is 343 g/mol. The fraction of sp³-hybridized carbons (Fsp3) is 0.176. The van der Waals surface area contributed by atoms with Gasteiger partial charge in [-0.05, 0) is 55.3 Å². The molecule has 0 bridgehead atoms. The molecule has 1 aromatic heterocycles. The summed E-state index contributed by atoms with van der Waals surface area (Å²) in [6.07, 6.45) is 0. The number of rotatable bonds is 3. The molecule has 2 amide bonds. The van der Waals surface area contributed by atoms with Gasteiger partial charge in [-0.15, -0.1) is 0 Å². The zero-order chi connectivity index (χ0) is 17.3. The number of aryl methyl sites for hydroxylation is 2. The van der Waals surface area contributed by atoms with Crippen LogP contribution in [0.25, 0.3) is 10.2 Å². The molecular formula is C17H17N3O3S. The molecule has 24 heavy (non-hydrogen) atoms. The van der Waals surface area contributed by atoms with Crippen molar-refractivity contribution in [3.63, 3.8) is 0 Å². The second kappa shape index (κ2) is 6.37. The Hall–Kier alpha value is -2.80. The number of benzene rings is 2. The Labute approximate surface area is 143 Å². The molecule has 1 heterocycles. The summed E-state index contributed by atoms with van der Waals surface area (Å²) in [6.45, 7) is 3.59. The lowest BCUT2D eigenvalue weighted by Crippen LogP contribution is -2.19. The van der Waals surface area contributed by atoms with Gasteiger partial charge in [0.15, 0.2) is 5.13 Å². The van der Waals surface area contributed by atoms with Crippen molar-refractivity contribution in [3.05, 3.63) is 41.5 Å². The smallest absolute Gasteiger partial charge is 0.325 e. The largest absolute Gasteiger partial charge is 0.508 e. The van der Waals surface area contributed by atoms with Crippen LogP contribution in [-0.2, 0) is 0 Å². The first-order valence-corrected chi connectivity index (χ1v) is 8.10. The molecule has 0 aliphatic carbocycles. The minimum atomic E-state index is -0.380. The van der Waals surface area contributed by atoms with E-state index < -0.39 is 0 Å². The van der Waals surface area contributed by atoms with E-state index in [4.69, 9.17) is 4.74 Å². The van der Waals surface area contributed by atoms with Gasteiger partial charge in [-0.25, -0.2) is 9.78 Å². The van der Waals surface area contributed by atoms with Gasteiger partial charge in [-0.3, -0.25) is 5.32 Å². The summed E-state index contributed by atoms with van der Waals surface area (Å²) in [7, 11) is 1.61. The predicted molar refractivity (Wildman–Crippen MR) is 96.4 cm³/mol. The second-order valence-corrected chi connectivity index (χ2v) is 6.42. The first-order chi connectivity index (χ1) is 11.5. The number of anilines is 2. The van der Waals surface area contributed by atoms with Crippen molar-refractivity contribution in [2.24, 2.45) is 0 Å². The summed E-state index contributed by atoms with van der Waals surface area (Å²) in [6, 6.07) is 8.52. The molecule has 6 nitrogen and oxygen atoms in total. The Balaban J connectivity index is 1.76. The minimum absolute atomic E-state index is 0.207. The number of urea groups is 1. The van der Waals surface area contributed by atoms with Gasteiger partial charge in [-0.1, -0.05) is 11.3 Å². The Morgan fingerprint density at radius 2 is 1.96 bits per heavy atom. The molecular weight excluding hydrogens is 326 g/mol. The molecule has 3 N–H and O–H groups in total. The number of ether oxygens (including phenoxy) is 1. The minimum Gasteiger partial charge on any atom is -0.508 e. The Morgan fingerprint density at radius 1 is 1.17 bits per heavy atom. The molecule has 0 radical (unpaired) electrons. The van der Waals surface area contributed by atoms with Crippen molar-refractivity contribution in [2.45, 2.75) is 13.8 Å². The fourth-order valence-corrected chi connectivity index (χ4v) is 3.16. The van der Waals surface area contributed by atoms with Crippen molar-refractivity contribution in [1.29, 1.82) is 0 Å². The number of carbonyl (C=O) groups excluding carboxylic acids is 1. The van der Waals surface area contributed by atoms with E-state index in [-0.39, 0.29) is 11.8 Å². The zero-order valence-electron chi connectivity index (χ0n) is 13.5. The van der Waals surface area contributed by atoms with E-state index in [1.54, 1.807) is 26.2 Å². The van der Waals surface area contributed by atoms with E-state index in [1.165, 1.54) is 11.3 Å². The normalized spacial score (nSPS) is 10.6. The Morgan fingerprint density at radius 3 is 2.71 bits per heavy atom. The molecule has 2 aromatic carbocycles. The molecule has 0 saturated carbocycles. The molecule has 0 fully saturated rings. The average Bonchev–Trinajstić information content (AvgIpc) is 2.93. The van der Waals surface area contributed by atoms with Crippen LogP contribution in [0.2, 0.25) is 0 Å². The molecule has 0 atom stereocenters. The molecule has 124 valence electrons. The van der Waals surface area contributed by atoms with Gasteiger partial charge < -0.3 is 15.2 Å². The summed E-state index contributed by atoms with van der Waals surface area (Å²) in [4.78, 5) is 16.6. The number of aromatic hydroxyl groups is 1.